The van der Waals surface area contributed by atoms with Gasteiger partial charge in [0.15, 0.2) is 5.75 Å². The highest BCUT2D eigenvalue weighted by atomic mass is 16.6. The molecule has 6 heteroatoms. The summed E-state index contributed by atoms with van der Waals surface area (Å²) in [4.78, 5) is 10.7. The first-order valence-electron chi connectivity index (χ1n) is 6.87. The Kier molecular flexibility index (Phi) is 5.31. The zero-order chi connectivity index (χ0) is 14.4. The fourth-order valence-corrected chi connectivity index (χ4v) is 2.31. The Morgan fingerprint density at radius 3 is 3.05 bits per heavy atom. The summed E-state index contributed by atoms with van der Waals surface area (Å²) in [5.74, 6) is 0.327. The molecule has 2 rings (SSSR count). The predicted molar refractivity (Wildman–Crippen MR) is 74.9 cm³/mol. The maximum Gasteiger partial charge on any atom is 0.311 e. The highest BCUT2D eigenvalue weighted by Crippen LogP contribution is 2.28. The van der Waals surface area contributed by atoms with Gasteiger partial charge in [0.2, 0.25) is 0 Å². The molecule has 1 N–H and O–H groups in total. The molecule has 110 valence electrons. The van der Waals surface area contributed by atoms with Gasteiger partial charge in [-0.05, 0) is 31.5 Å². The Labute approximate surface area is 118 Å². The number of rotatable bonds is 7. The van der Waals surface area contributed by atoms with Crippen LogP contribution in [0, 0.1) is 10.1 Å². The third-order valence-corrected chi connectivity index (χ3v) is 3.32. The number of nitrogens with zero attached hydrogens (tertiary/aromatic N) is 1. The molecule has 1 aliphatic rings. The molecule has 1 aliphatic heterocycles. The van der Waals surface area contributed by atoms with Crippen LogP contribution >= 0.6 is 0 Å². The van der Waals surface area contributed by atoms with E-state index in [4.69, 9.17) is 9.47 Å². The van der Waals surface area contributed by atoms with Crippen molar-refractivity contribution >= 4 is 5.69 Å². The fraction of sp³-hybridized carbons (Fsp3) is 0.571. The van der Waals surface area contributed by atoms with Crippen molar-refractivity contribution in [2.75, 3.05) is 20.3 Å². The summed E-state index contributed by atoms with van der Waals surface area (Å²) in [7, 11) is 1.80. The lowest BCUT2D eigenvalue weighted by Gasteiger charge is -2.11. The Balaban J connectivity index is 1.96. The summed E-state index contributed by atoms with van der Waals surface area (Å²) in [5, 5.41) is 14.0. The first-order chi connectivity index (χ1) is 9.70. The zero-order valence-electron chi connectivity index (χ0n) is 11.6. The molecule has 0 radical (unpaired) electrons. The topological polar surface area (TPSA) is 73.6 Å². The van der Waals surface area contributed by atoms with Crippen molar-refractivity contribution in [1.82, 2.24) is 5.32 Å². The normalized spacial score (nSPS) is 18.1. The molecule has 0 spiro atoms. The number of nitro groups is 1. The van der Waals surface area contributed by atoms with Crippen LogP contribution in [0.15, 0.2) is 18.2 Å². The molecule has 1 saturated heterocycles. The highest BCUT2D eigenvalue weighted by Gasteiger charge is 2.18. The molecular weight excluding hydrogens is 260 g/mol. The lowest BCUT2D eigenvalue weighted by molar-refractivity contribution is -0.385. The van der Waals surface area contributed by atoms with Gasteiger partial charge in [0, 0.05) is 25.6 Å². The third kappa shape index (κ3) is 3.91. The minimum absolute atomic E-state index is 0.0186. The van der Waals surface area contributed by atoms with E-state index in [-0.39, 0.29) is 11.8 Å². The zero-order valence-corrected chi connectivity index (χ0v) is 11.6. The van der Waals surface area contributed by atoms with Gasteiger partial charge in [-0.2, -0.15) is 0 Å². The molecule has 1 atom stereocenters. The number of ether oxygens (including phenoxy) is 2. The van der Waals surface area contributed by atoms with Crippen LogP contribution in [0.2, 0.25) is 0 Å². The number of nitro benzene ring substituents is 1. The van der Waals surface area contributed by atoms with E-state index in [1.54, 1.807) is 19.2 Å². The summed E-state index contributed by atoms with van der Waals surface area (Å²) < 4.78 is 11.0. The molecule has 0 aromatic heterocycles. The van der Waals surface area contributed by atoms with Gasteiger partial charge in [0.25, 0.3) is 0 Å². The summed E-state index contributed by atoms with van der Waals surface area (Å²) in [6.45, 7) is 1.84. The second-order valence-electron chi connectivity index (χ2n) is 4.86. The Morgan fingerprint density at radius 1 is 1.55 bits per heavy atom. The quantitative estimate of drug-likeness (QED) is 0.612. The summed E-state index contributed by atoms with van der Waals surface area (Å²) >= 11 is 0. The van der Waals surface area contributed by atoms with Crippen LogP contribution in [0.25, 0.3) is 0 Å². The molecule has 1 heterocycles. The van der Waals surface area contributed by atoms with Gasteiger partial charge in [-0.15, -0.1) is 0 Å². The minimum atomic E-state index is -0.402. The van der Waals surface area contributed by atoms with Gasteiger partial charge in [-0.3, -0.25) is 10.1 Å². The molecule has 1 fully saturated rings. The van der Waals surface area contributed by atoms with Crippen molar-refractivity contribution in [3.63, 3.8) is 0 Å². The number of nitrogens with one attached hydrogen (secondary N) is 1. The maximum absolute atomic E-state index is 11.1. The molecular formula is C14H20N2O4. The van der Waals surface area contributed by atoms with E-state index in [1.807, 2.05) is 6.07 Å². The fourth-order valence-electron chi connectivity index (χ4n) is 2.31. The number of benzene rings is 1. The van der Waals surface area contributed by atoms with Crippen molar-refractivity contribution in [3.05, 3.63) is 33.9 Å². The predicted octanol–water partition coefficient (Wildman–Crippen LogP) is 2.26. The van der Waals surface area contributed by atoms with Gasteiger partial charge in [-0.25, -0.2) is 0 Å². The Bertz CT molecular complexity index is 458. The first kappa shape index (κ1) is 14.7. The first-order valence-corrected chi connectivity index (χ1v) is 6.87. The van der Waals surface area contributed by atoms with E-state index >= 15 is 0 Å². The van der Waals surface area contributed by atoms with Crippen LogP contribution in [0.5, 0.6) is 5.75 Å². The molecule has 0 aliphatic carbocycles. The van der Waals surface area contributed by atoms with Crippen LogP contribution < -0.4 is 10.1 Å². The Morgan fingerprint density at radius 2 is 2.40 bits per heavy atom. The van der Waals surface area contributed by atoms with E-state index in [2.05, 4.69) is 5.32 Å². The van der Waals surface area contributed by atoms with Crippen molar-refractivity contribution in [2.45, 2.75) is 31.9 Å². The van der Waals surface area contributed by atoms with Gasteiger partial charge in [0.1, 0.15) is 0 Å². The van der Waals surface area contributed by atoms with Crippen molar-refractivity contribution in [2.24, 2.45) is 0 Å². The lowest BCUT2D eigenvalue weighted by Crippen LogP contribution is -2.11. The molecule has 1 unspecified atom stereocenters. The summed E-state index contributed by atoms with van der Waals surface area (Å²) in [5.41, 5.74) is 0.885. The number of hydrogen-bond acceptors (Lipinski definition) is 5. The van der Waals surface area contributed by atoms with Crippen molar-refractivity contribution < 1.29 is 14.4 Å². The van der Waals surface area contributed by atoms with Gasteiger partial charge >= 0.3 is 5.69 Å². The SMILES string of the molecule is CNCc1ccc(OCCC2CCCO2)c([N+](=O)[O-])c1. The Hall–Kier alpha value is -1.66. The van der Waals surface area contributed by atoms with E-state index in [1.165, 1.54) is 0 Å². The van der Waals surface area contributed by atoms with Gasteiger partial charge < -0.3 is 14.8 Å². The van der Waals surface area contributed by atoms with Crippen LogP contribution in [-0.2, 0) is 11.3 Å². The molecule has 6 nitrogen and oxygen atoms in total. The third-order valence-electron chi connectivity index (χ3n) is 3.32. The molecule has 1 aromatic rings. The van der Waals surface area contributed by atoms with Crippen molar-refractivity contribution in [1.29, 1.82) is 0 Å². The molecule has 0 amide bonds. The highest BCUT2D eigenvalue weighted by molar-refractivity contribution is 5.48. The molecule has 20 heavy (non-hydrogen) atoms. The smallest absolute Gasteiger partial charge is 0.311 e. The van der Waals surface area contributed by atoms with Crippen LogP contribution in [0.4, 0.5) is 5.69 Å². The van der Waals surface area contributed by atoms with E-state index in [0.717, 1.165) is 31.4 Å². The average Bonchev–Trinajstić information content (AvgIpc) is 2.93. The van der Waals surface area contributed by atoms with Crippen LogP contribution in [0.3, 0.4) is 0 Å². The van der Waals surface area contributed by atoms with Gasteiger partial charge in [-0.1, -0.05) is 6.07 Å². The molecule has 0 saturated carbocycles. The van der Waals surface area contributed by atoms with Crippen molar-refractivity contribution in [3.8, 4) is 5.75 Å². The van der Waals surface area contributed by atoms with Crippen LogP contribution in [-0.4, -0.2) is 31.3 Å². The average molecular weight is 280 g/mol. The largest absolute Gasteiger partial charge is 0.487 e. The van der Waals surface area contributed by atoms with Crippen LogP contribution in [0.1, 0.15) is 24.8 Å². The molecule has 1 aromatic carbocycles. The minimum Gasteiger partial charge on any atom is -0.487 e. The molecule has 0 bridgehead atoms. The summed E-state index contributed by atoms with van der Waals surface area (Å²) in [6, 6.07) is 5.06. The summed E-state index contributed by atoms with van der Waals surface area (Å²) in [6.07, 6.45) is 3.14. The maximum atomic E-state index is 11.1. The standard InChI is InChI=1S/C14H20N2O4/c1-15-10-11-4-5-14(13(9-11)16(17)18)20-8-6-12-3-2-7-19-12/h4-5,9,12,15H,2-3,6-8,10H2,1H3. The monoisotopic (exact) mass is 280 g/mol. The second kappa shape index (κ2) is 7.21. The van der Waals surface area contributed by atoms with E-state index < -0.39 is 4.92 Å². The number of hydrogen-bond donors (Lipinski definition) is 1. The van der Waals surface area contributed by atoms with Gasteiger partial charge in [0.05, 0.1) is 17.6 Å². The lowest BCUT2D eigenvalue weighted by atomic mass is 10.2. The van der Waals surface area contributed by atoms with E-state index in [9.17, 15) is 10.1 Å². The van der Waals surface area contributed by atoms with E-state index in [0.29, 0.717) is 18.9 Å². The second-order valence-corrected chi connectivity index (χ2v) is 4.86.